The van der Waals surface area contributed by atoms with Gasteiger partial charge in [-0.3, -0.25) is 4.79 Å². The maximum Gasteiger partial charge on any atom is 0.330 e. The van der Waals surface area contributed by atoms with E-state index in [0.29, 0.717) is 6.61 Å². The predicted molar refractivity (Wildman–Crippen MR) is 78.0 cm³/mol. The van der Waals surface area contributed by atoms with Crippen LogP contribution < -0.4 is 5.32 Å². The predicted octanol–water partition coefficient (Wildman–Crippen LogP) is 2.35. The van der Waals surface area contributed by atoms with Gasteiger partial charge in [-0.25, -0.2) is 13.6 Å². The van der Waals surface area contributed by atoms with Crippen molar-refractivity contribution in [2.45, 2.75) is 38.8 Å². The maximum absolute atomic E-state index is 13.7. The van der Waals surface area contributed by atoms with E-state index in [2.05, 4.69) is 5.32 Å². The van der Waals surface area contributed by atoms with Crippen LogP contribution >= 0.6 is 0 Å². The number of benzene rings is 1. The minimum absolute atomic E-state index is 0.0614. The molecule has 1 fully saturated rings. The lowest BCUT2D eigenvalue weighted by Crippen LogP contribution is -2.76. The van der Waals surface area contributed by atoms with E-state index in [1.807, 2.05) is 0 Å². The summed E-state index contributed by atoms with van der Waals surface area (Å²) in [6.45, 7) is 5.52. The largest absolute Gasteiger partial charge is 0.479 e. The number of carbonyl (C=O) groups excluding carboxylic acids is 1. The van der Waals surface area contributed by atoms with Crippen LogP contribution in [-0.2, 0) is 9.53 Å². The molecule has 1 amide bonds. The van der Waals surface area contributed by atoms with Gasteiger partial charge in [-0.1, -0.05) is 13.8 Å². The van der Waals surface area contributed by atoms with Crippen LogP contribution in [0.5, 0.6) is 0 Å². The van der Waals surface area contributed by atoms with E-state index in [1.165, 1.54) is 0 Å². The van der Waals surface area contributed by atoms with Gasteiger partial charge < -0.3 is 15.2 Å². The molecule has 2 N–H and O–H groups in total. The van der Waals surface area contributed by atoms with Gasteiger partial charge in [0.15, 0.2) is 0 Å². The third kappa shape index (κ3) is 2.69. The number of halogens is 2. The van der Waals surface area contributed by atoms with Gasteiger partial charge in [-0.05, 0) is 25.1 Å². The van der Waals surface area contributed by atoms with Gasteiger partial charge in [0.25, 0.3) is 5.91 Å². The van der Waals surface area contributed by atoms with Crippen LogP contribution in [0.3, 0.4) is 0 Å². The molecule has 0 saturated heterocycles. The second kappa shape index (κ2) is 5.88. The number of amides is 1. The van der Waals surface area contributed by atoms with Crippen molar-refractivity contribution in [3.8, 4) is 0 Å². The fourth-order valence-corrected chi connectivity index (χ4v) is 2.97. The van der Waals surface area contributed by atoms with Crippen LogP contribution in [-0.4, -0.2) is 35.2 Å². The molecule has 1 saturated carbocycles. The van der Waals surface area contributed by atoms with Gasteiger partial charge in [0.2, 0.25) is 0 Å². The first-order valence-electron chi connectivity index (χ1n) is 7.28. The molecule has 0 aromatic heterocycles. The van der Waals surface area contributed by atoms with Gasteiger partial charge in [0.05, 0.1) is 11.7 Å². The van der Waals surface area contributed by atoms with E-state index in [9.17, 15) is 23.5 Å². The minimum Gasteiger partial charge on any atom is -0.479 e. The van der Waals surface area contributed by atoms with Gasteiger partial charge in [0.1, 0.15) is 17.2 Å². The van der Waals surface area contributed by atoms with E-state index in [-0.39, 0.29) is 12.5 Å². The second-order valence-electron chi connectivity index (χ2n) is 6.16. The Kier molecular flexibility index (Phi) is 4.43. The highest BCUT2D eigenvalue weighted by atomic mass is 19.1. The molecule has 1 aromatic rings. The lowest BCUT2D eigenvalue weighted by Gasteiger charge is -2.58. The highest BCUT2D eigenvalue weighted by molar-refractivity contribution is 5.99. The topological polar surface area (TPSA) is 75.6 Å². The zero-order valence-corrected chi connectivity index (χ0v) is 13.2. The summed E-state index contributed by atoms with van der Waals surface area (Å²) in [5, 5.41) is 12.0. The van der Waals surface area contributed by atoms with Gasteiger partial charge in [-0.2, -0.15) is 0 Å². The summed E-state index contributed by atoms with van der Waals surface area (Å²) in [7, 11) is 0. The third-order valence-electron chi connectivity index (χ3n) is 4.63. The summed E-state index contributed by atoms with van der Waals surface area (Å²) in [5.74, 6) is -3.89. The minimum atomic E-state index is -1.59. The van der Waals surface area contributed by atoms with Crippen LogP contribution in [0.25, 0.3) is 0 Å². The average molecular weight is 327 g/mol. The van der Waals surface area contributed by atoms with Crippen molar-refractivity contribution in [1.82, 2.24) is 5.32 Å². The number of ether oxygens (including phenoxy) is 1. The Morgan fingerprint density at radius 1 is 1.39 bits per heavy atom. The summed E-state index contributed by atoms with van der Waals surface area (Å²) in [6, 6.07) is 2.45. The van der Waals surface area contributed by atoms with Crippen LogP contribution in [0.4, 0.5) is 8.78 Å². The van der Waals surface area contributed by atoms with Crippen LogP contribution in [0.15, 0.2) is 18.2 Å². The highest BCUT2D eigenvalue weighted by Gasteiger charge is 2.66. The lowest BCUT2D eigenvalue weighted by atomic mass is 9.54. The average Bonchev–Trinajstić information content (AvgIpc) is 2.47. The molecule has 7 heteroatoms. The van der Waals surface area contributed by atoms with E-state index in [4.69, 9.17) is 4.74 Å². The molecule has 0 aliphatic heterocycles. The molecule has 0 radical (unpaired) electrons. The van der Waals surface area contributed by atoms with Crippen molar-refractivity contribution >= 4 is 11.9 Å². The monoisotopic (exact) mass is 327 g/mol. The number of hydrogen-bond donors (Lipinski definition) is 2. The zero-order chi connectivity index (χ0) is 17.4. The first kappa shape index (κ1) is 17.3. The number of nitrogens with one attached hydrogen (secondary N) is 1. The van der Waals surface area contributed by atoms with Crippen molar-refractivity contribution < 1.29 is 28.2 Å². The number of rotatable bonds is 5. The summed E-state index contributed by atoms with van der Waals surface area (Å²) < 4.78 is 32.4. The normalized spacial score (nSPS) is 25.5. The summed E-state index contributed by atoms with van der Waals surface area (Å²) in [5.41, 5.74) is -3.02. The smallest absolute Gasteiger partial charge is 0.330 e. The van der Waals surface area contributed by atoms with Crippen molar-refractivity contribution in [3.63, 3.8) is 0 Å². The molecule has 1 aromatic carbocycles. The van der Waals surface area contributed by atoms with Gasteiger partial charge >= 0.3 is 5.97 Å². The fourth-order valence-electron chi connectivity index (χ4n) is 2.97. The van der Waals surface area contributed by atoms with Crippen molar-refractivity contribution in [2.75, 3.05) is 6.61 Å². The molecule has 5 nitrogen and oxygen atoms in total. The molecule has 2 unspecified atom stereocenters. The molecule has 2 rings (SSSR count). The summed E-state index contributed by atoms with van der Waals surface area (Å²) in [6.07, 6.45) is -0.285. The molecule has 1 aliphatic carbocycles. The standard InChI is InChI=1S/C16H19F2NO4/c1-4-23-12-8-16(14(21)22,15(12,2)3)19-13(20)10-7-9(17)5-6-11(10)18/h5-7,12H,4,8H2,1-3H3,(H,19,20)(H,21,22). The van der Waals surface area contributed by atoms with Crippen LogP contribution in [0.1, 0.15) is 37.6 Å². The fraction of sp³-hybridized carbons (Fsp3) is 0.500. The number of aliphatic carboxylic acids is 1. The molecule has 1 aliphatic rings. The quantitative estimate of drug-likeness (QED) is 0.870. The molecule has 0 heterocycles. The Bertz CT molecular complexity index is 647. The van der Waals surface area contributed by atoms with Gasteiger partial charge in [-0.15, -0.1) is 0 Å². The molecule has 23 heavy (non-hydrogen) atoms. The zero-order valence-electron chi connectivity index (χ0n) is 13.2. The van der Waals surface area contributed by atoms with Crippen LogP contribution in [0.2, 0.25) is 0 Å². The van der Waals surface area contributed by atoms with Crippen molar-refractivity contribution in [2.24, 2.45) is 5.41 Å². The molecule has 126 valence electrons. The second-order valence-corrected chi connectivity index (χ2v) is 6.16. The Morgan fingerprint density at radius 3 is 2.57 bits per heavy atom. The lowest BCUT2D eigenvalue weighted by molar-refractivity contribution is -0.190. The van der Waals surface area contributed by atoms with E-state index >= 15 is 0 Å². The first-order valence-corrected chi connectivity index (χ1v) is 7.28. The number of carboxylic acid groups (broad SMARTS) is 1. The Hall–Kier alpha value is -2.02. The molecule has 0 spiro atoms. The first-order chi connectivity index (χ1) is 10.7. The van der Waals surface area contributed by atoms with Crippen molar-refractivity contribution in [3.05, 3.63) is 35.4 Å². The molecular formula is C16H19F2NO4. The summed E-state index contributed by atoms with van der Waals surface area (Å²) >= 11 is 0. The Morgan fingerprint density at radius 2 is 2.04 bits per heavy atom. The molecular weight excluding hydrogens is 308 g/mol. The van der Waals surface area contributed by atoms with E-state index < -0.39 is 40.0 Å². The van der Waals surface area contributed by atoms with Gasteiger partial charge in [0, 0.05) is 18.4 Å². The number of carbonyl (C=O) groups is 2. The third-order valence-corrected chi connectivity index (χ3v) is 4.63. The van der Waals surface area contributed by atoms with Crippen molar-refractivity contribution in [1.29, 1.82) is 0 Å². The molecule has 2 atom stereocenters. The molecule has 0 bridgehead atoms. The van der Waals surface area contributed by atoms with E-state index in [0.717, 1.165) is 18.2 Å². The van der Waals surface area contributed by atoms with Crippen LogP contribution in [0, 0.1) is 17.0 Å². The Labute approximate surface area is 132 Å². The number of carboxylic acids is 1. The SMILES string of the molecule is CCOC1CC(NC(=O)c2cc(F)ccc2F)(C(=O)O)C1(C)C. The Balaban J connectivity index is 2.30. The highest BCUT2D eigenvalue weighted by Crippen LogP contribution is 2.51. The summed E-state index contributed by atoms with van der Waals surface area (Å²) in [4.78, 5) is 24.0. The maximum atomic E-state index is 13.7. The number of hydrogen-bond acceptors (Lipinski definition) is 3. The van der Waals surface area contributed by atoms with E-state index in [1.54, 1.807) is 20.8 Å².